The fourth-order valence-corrected chi connectivity index (χ4v) is 1.92. The number of aromatic amines is 1. The average Bonchev–Trinajstić information content (AvgIpc) is 2.33. The zero-order chi connectivity index (χ0) is 12.3. The molecule has 0 amide bonds. The van der Waals surface area contributed by atoms with Gasteiger partial charge in [0.05, 0.1) is 11.9 Å². The molecule has 0 bridgehead atoms. The molecule has 0 saturated carbocycles. The second-order valence-electron chi connectivity index (χ2n) is 3.37. The van der Waals surface area contributed by atoms with E-state index in [0.717, 1.165) is 10.0 Å². The van der Waals surface area contributed by atoms with E-state index in [2.05, 4.69) is 31.4 Å². The molecular formula is C11H9BrClN3O. The van der Waals surface area contributed by atoms with E-state index in [-0.39, 0.29) is 5.02 Å². The SMILES string of the molecule is O=c1[nH]ncc(NCc2ccccc2Br)c1Cl. The first-order valence-corrected chi connectivity index (χ1v) is 6.06. The van der Waals surface area contributed by atoms with Gasteiger partial charge >= 0.3 is 0 Å². The third-order valence-corrected chi connectivity index (χ3v) is 3.37. The van der Waals surface area contributed by atoms with Crippen molar-refractivity contribution in [1.82, 2.24) is 10.2 Å². The molecule has 17 heavy (non-hydrogen) atoms. The van der Waals surface area contributed by atoms with E-state index < -0.39 is 5.56 Å². The summed E-state index contributed by atoms with van der Waals surface area (Å²) in [5.74, 6) is 0. The first kappa shape index (κ1) is 12.1. The largest absolute Gasteiger partial charge is 0.378 e. The van der Waals surface area contributed by atoms with Gasteiger partial charge in [0, 0.05) is 11.0 Å². The van der Waals surface area contributed by atoms with Crippen LogP contribution in [0.2, 0.25) is 5.02 Å². The van der Waals surface area contributed by atoms with E-state index in [4.69, 9.17) is 11.6 Å². The maximum Gasteiger partial charge on any atom is 0.285 e. The number of aromatic nitrogens is 2. The number of nitrogens with one attached hydrogen (secondary N) is 2. The molecular weight excluding hydrogens is 305 g/mol. The van der Waals surface area contributed by atoms with Crippen LogP contribution in [-0.2, 0) is 6.54 Å². The van der Waals surface area contributed by atoms with Crippen molar-refractivity contribution in [1.29, 1.82) is 0 Å². The van der Waals surface area contributed by atoms with Crippen LogP contribution in [0.3, 0.4) is 0 Å². The van der Waals surface area contributed by atoms with Gasteiger partial charge in [-0.15, -0.1) is 0 Å². The number of anilines is 1. The monoisotopic (exact) mass is 313 g/mol. The van der Waals surface area contributed by atoms with E-state index >= 15 is 0 Å². The average molecular weight is 315 g/mol. The maximum atomic E-state index is 11.2. The lowest BCUT2D eigenvalue weighted by Gasteiger charge is -2.08. The second-order valence-corrected chi connectivity index (χ2v) is 4.60. The van der Waals surface area contributed by atoms with Gasteiger partial charge in [-0.3, -0.25) is 4.79 Å². The Bertz CT molecular complexity index is 585. The van der Waals surface area contributed by atoms with Gasteiger partial charge in [0.25, 0.3) is 5.56 Å². The molecule has 2 rings (SSSR count). The molecule has 1 aromatic carbocycles. The van der Waals surface area contributed by atoms with E-state index in [1.807, 2.05) is 24.3 Å². The van der Waals surface area contributed by atoms with Crippen LogP contribution in [0.25, 0.3) is 0 Å². The van der Waals surface area contributed by atoms with Gasteiger partial charge in [-0.1, -0.05) is 45.7 Å². The smallest absolute Gasteiger partial charge is 0.285 e. The highest BCUT2D eigenvalue weighted by Crippen LogP contribution is 2.19. The summed E-state index contributed by atoms with van der Waals surface area (Å²) < 4.78 is 1.00. The maximum absolute atomic E-state index is 11.2. The summed E-state index contributed by atoms with van der Waals surface area (Å²) >= 11 is 9.29. The van der Waals surface area contributed by atoms with Gasteiger partial charge in [-0.2, -0.15) is 5.10 Å². The fraction of sp³-hybridized carbons (Fsp3) is 0.0909. The Morgan fingerprint density at radius 2 is 2.18 bits per heavy atom. The quantitative estimate of drug-likeness (QED) is 0.916. The molecule has 0 aliphatic rings. The number of H-pyrrole nitrogens is 1. The molecule has 0 spiro atoms. The Kier molecular flexibility index (Phi) is 3.81. The van der Waals surface area contributed by atoms with Gasteiger partial charge in [0.1, 0.15) is 5.02 Å². The highest BCUT2D eigenvalue weighted by molar-refractivity contribution is 9.10. The lowest BCUT2D eigenvalue weighted by molar-refractivity contribution is 0.981. The Labute approximate surface area is 111 Å². The number of hydrogen-bond acceptors (Lipinski definition) is 3. The van der Waals surface area contributed by atoms with Crippen LogP contribution in [0.15, 0.2) is 39.7 Å². The Balaban J connectivity index is 2.16. The van der Waals surface area contributed by atoms with Gasteiger partial charge in [-0.25, -0.2) is 5.10 Å². The van der Waals surface area contributed by atoms with Crippen LogP contribution in [-0.4, -0.2) is 10.2 Å². The van der Waals surface area contributed by atoms with Crippen molar-refractivity contribution in [3.05, 3.63) is 55.9 Å². The first-order chi connectivity index (χ1) is 8.18. The summed E-state index contributed by atoms with van der Waals surface area (Å²) in [6.45, 7) is 0.562. The molecule has 1 aromatic heterocycles. The number of rotatable bonds is 3. The van der Waals surface area contributed by atoms with E-state index in [1.165, 1.54) is 6.20 Å². The lowest BCUT2D eigenvalue weighted by Crippen LogP contribution is -2.11. The van der Waals surface area contributed by atoms with Crippen molar-refractivity contribution in [3.8, 4) is 0 Å². The van der Waals surface area contributed by atoms with Crippen molar-refractivity contribution < 1.29 is 0 Å². The number of halogens is 2. The van der Waals surface area contributed by atoms with Crippen molar-refractivity contribution in [3.63, 3.8) is 0 Å². The standard InChI is InChI=1S/C11H9BrClN3O/c12-8-4-2-1-3-7(8)5-14-9-6-15-16-11(17)10(9)13/h1-4,6H,5H2,(H2,14,16,17). The van der Waals surface area contributed by atoms with Crippen LogP contribution < -0.4 is 10.9 Å². The van der Waals surface area contributed by atoms with Crippen LogP contribution in [0.5, 0.6) is 0 Å². The highest BCUT2D eigenvalue weighted by Gasteiger charge is 2.05. The summed E-state index contributed by atoms with van der Waals surface area (Å²) in [5.41, 5.74) is 1.19. The van der Waals surface area contributed by atoms with Crippen LogP contribution in [0, 0.1) is 0 Å². The Morgan fingerprint density at radius 3 is 2.94 bits per heavy atom. The molecule has 88 valence electrons. The van der Waals surface area contributed by atoms with Crippen LogP contribution >= 0.6 is 27.5 Å². The molecule has 1 heterocycles. The fourth-order valence-electron chi connectivity index (χ4n) is 1.34. The lowest BCUT2D eigenvalue weighted by atomic mass is 10.2. The van der Waals surface area contributed by atoms with Crippen LogP contribution in [0.4, 0.5) is 5.69 Å². The molecule has 0 fully saturated rings. The van der Waals surface area contributed by atoms with E-state index in [1.54, 1.807) is 0 Å². The minimum Gasteiger partial charge on any atom is -0.378 e. The third-order valence-electron chi connectivity index (χ3n) is 2.22. The molecule has 0 atom stereocenters. The number of nitrogens with zero attached hydrogens (tertiary/aromatic N) is 1. The minimum absolute atomic E-state index is 0.118. The second kappa shape index (κ2) is 5.33. The molecule has 6 heteroatoms. The Hall–Kier alpha value is -1.33. The summed E-state index contributed by atoms with van der Waals surface area (Å²) in [7, 11) is 0. The normalized spacial score (nSPS) is 10.2. The van der Waals surface area contributed by atoms with Gasteiger partial charge in [0.15, 0.2) is 0 Å². The molecule has 4 nitrogen and oxygen atoms in total. The van der Waals surface area contributed by atoms with Crippen molar-refractivity contribution in [2.45, 2.75) is 6.54 Å². The number of hydrogen-bond donors (Lipinski definition) is 2. The zero-order valence-electron chi connectivity index (χ0n) is 8.71. The van der Waals surface area contributed by atoms with Crippen LogP contribution in [0.1, 0.15) is 5.56 Å². The van der Waals surface area contributed by atoms with Crippen molar-refractivity contribution in [2.24, 2.45) is 0 Å². The number of benzene rings is 1. The van der Waals surface area contributed by atoms with E-state index in [9.17, 15) is 4.79 Å². The van der Waals surface area contributed by atoms with Gasteiger partial charge in [-0.05, 0) is 11.6 Å². The predicted octanol–water partition coefficient (Wildman–Crippen LogP) is 2.80. The predicted molar refractivity (Wildman–Crippen MR) is 71.3 cm³/mol. The minimum atomic E-state index is -0.399. The summed E-state index contributed by atoms with van der Waals surface area (Å²) in [6.07, 6.45) is 1.49. The van der Waals surface area contributed by atoms with Gasteiger partial charge < -0.3 is 5.32 Å². The topological polar surface area (TPSA) is 57.8 Å². The molecule has 0 aliphatic carbocycles. The van der Waals surface area contributed by atoms with E-state index in [0.29, 0.717) is 12.2 Å². The first-order valence-electron chi connectivity index (χ1n) is 4.89. The zero-order valence-corrected chi connectivity index (χ0v) is 11.0. The molecule has 0 radical (unpaired) electrons. The molecule has 0 aliphatic heterocycles. The molecule has 0 saturated heterocycles. The molecule has 0 unspecified atom stereocenters. The summed E-state index contributed by atoms with van der Waals surface area (Å²) in [6, 6.07) is 7.81. The van der Waals surface area contributed by atoms with Crippen molar-refractivity contribution in [2.75, 3.05) is 5.32 Å². The third kappa shape index (κ3) is 2.87. The van der Waals surface area contributed by atoms with Crippen molar-refractivity contribution >= 4 is 33.2 Å². The summed E-state index contributed by atoms with van der Waals surface area (Å²) in [4.78, 5) is 11.2. The Morgan fingerprint density at radius 1 is 1.41 bits per heavy atom. The summed E-state index contributed by atoms with van der Waals surface area (Å²) in [5, 5.41) is 9.13. The molecule has 2 N–H and O–H groups in total. The highest BCUT2D eigenvalue weighted by atomic mass is 79.9. The van der Waals surface area contributed by atoms with Gasteiger partial charge in [0.2, 0.25) is 0 Å². The molecule has 2 aromatic rings.